The molecule has 21 heteroatoms. The van der Waals surface area contributed by atoms with E-state index in [0.29, 0.717) is 102 Å². The first-order chi connectivity index (χ1) is 33.1. The molecule has 19 nitrogen and oxygen atoms in total. The van der Waals surface area contributed by atoms with Crippen LogP contribution in [0.4, 0.5) is 11.6 Å². The molecule has 3 aromatic heterocycles. The van der Waals surface area contributed by atoms with Crippen LogP contribution in [0.1, 0.15) is 94.3 Å². The molecule has 0 spiro atoms. The quantitative estimate of drug-likeness (QED) is 0.139. The summed E-state index contributed by atoms with van der Waals surface area (Å²) >= 11 is 8.36. The fraction of sp³-hybridized carbons (Fsp3) is 0.562. The van der Waals surface area contributed by atoms with Crippen molar-refractivity contribution in [3.05, 3.63) is 70.4 Å². The molecule has 0 unspecified atom stereocenters. The van der Waals surface area contributed by atoms with Crippen LogP contribution in [0.3, 0.4) is 0 Å². The predicted octanol–water partition coefficient (Wildman–Crippen LogP) is 4.02. The van der Waals surface area contributed by atoms with Crippen molar-refractivity contribution in [2.24, 2.45) is 17.6 Å². The first-order valence-corrected chi connectivity index (χ1v) is 25.0. The van der Waals surface area contributed by atoms with E-state index >= 15 is 0 Å². The number of nitrogens with zero attached hydrogens (tertiary/aromatic N) is 11. The van der Waals surface area contributed by atoms with Gasteiger partial charge in [-0.15, -0.1) is 5.10 Å². The Morgan fingerprint density at radius 1 is 1.04 bits per heavy atom. The molecule has 3 amide bonds. The van der Waals surface area contributed by atoms with Crippen LogP contribution in [-0.4, -0.2) is 137 Å². The number of hydrogen-bond acceptors (Lipinski definition) is 16. The zero-order chi connectivity index (χ0) is 49.0. The van der Waals surface area contributed by atoms with Gasteiger partial charge in [0.25, 0.3) is 0 Å². The van der Waals surface area contributed by atoms with E-state index in [-0.39, 0.29) is 61.4 Å². The lowest BCUT2D eigenvalue weighted by molar-refractivity contribution is -0.142. The number of halogens is 1. The van der Waals surface area contributed by atoms with Gasteiger partial charge in [-0.25, -0.2) is 19.6 Å². The lowest BCUT2D eigenvalue weighted by Gasteiger charge is -2.38. The number of aromatic nitrogens is 6. The number of pyridine rings is 1. The number of nitrogens with two attached hydrogens (primary N) is 1. The maximum Gasteiger partial charge on any atom is 0.248 e. The molecule has 4 saturated heterocycles. The minimum Gasteiger partial charge on any atom is -0.490 e. The number of anilines is 2. The van der Waals surface area contributed by atoms with Crippen LogP contribution in [0.25, 0.3) is 0 Å². The van der Waals surface area contributed by atoms with Crippen LogP contribution in [0, 0.1) is 30.1 Å². The molecule has 1 aromatic carbocycles. The molecule has 4 fully saturated rings. The number of likely N-dealkylation sites (tertiary alicyclic amines) is 2. The molecule has 4 aliphatic heterocycles. The van der Waals surface area contributed by atoms with E-state index in [1.54, 1.807) is 43.7 Å². The zero-order valence-electron chi connectivity index (χ0n) is 39.6. The van der Waals surface area contributed by atoms with Gasteiger partial charge in [-0.3, -0.25) is 14.4 Å². The Hall–Kier alpha value is -5.59. The first-order valence-electron chi connectivity index (χ1n) is 23.8. The summed E-state index contributed by atoms with van der Waals surface area (Å²) in [5.41, 5.74) is 8.36. The van der Waals surface area contributed by atoms with E-state index in [2.05, 4.69) is 48.4 Å². The number of benzene rings is 1. The third kappa shape index (κ3) is 11.6. The number of β-amino-alcohol motifs (C(OH)–C–C–N with tert-alkyl or cyclic N) is 1. The second kappa shape index (κ2) is 21.6. The van der Waals surface area contributed by atoms with Crippen molar-refractivity contribution in [3.63, 3.8) is 0 Å². The Balaban J connectivity index is 0.826. The van der Waals surface area contributed by atoms with E-state index in [4.69, 9.17) is 27.1 Å². The highest BCUT2D eigenvalue weighted by Crippen LogP contribution is 2.39. The number of nitriles is 1. The summed E-state index contributed by atoms with van der Waals surface area (Å²) in [4.78, 5) is 63.9. The smallest absolute Gasteiger partial charge is 0.248 e. The lowest BCUT2D eigenvalue weighted by Crippen LogP contribution is -2.49. The van der Waals surface area contributed by atoms with Crippen LogP contribution < -0.4 is 25.6 Å². The van der Waals surface area contributed by atoms with Crippen molar-refractivity contribution in [1.29, 1.82) is 5.26 Å². The van der Waals surface area contributed by atoms with E-state index in [0.717, 1.165) is 30.8 Å². The van der Waals surface area contributed by atoms with Crippen molar-refractivity contribution in [1.82, 2.24) is 45.1 Å². The van der Waals surface area contributed by atoms with E-state index in [1.165, 1.54) is 21.3 Å². The highest BCUT2D eigenvalue weighted by Gasteiger charge is 2.43. The number of carbonyl (C=O) groups excluding carboxylic acids is 3. The summed E-state index contributed by atoms with van der Waals surface area (Å²) in [7, 11) is 0. The number of aliphatic hydroxyl groups excluding tert-OH is 2. The summed E-state index contributed by atoms with van der Waals surface area (Å²) in [6.45, 7) is 11.3. The number of piperidine rings is 3. The van der Waals surface area contributed by atoms with E-state index < -0.39 is 24.1 Å². The third-order valence-corrected chi connectivity index (χ3v) is 15.2. The van der Waals surface area contributed by atoms with Gasteiger partial charge < -0.3 is 45.6 Å². The van der Waals surface area contributed by atoms with Gasteiger partial charge in [0.1, 0.15) is 40.5 Å². The normalized spacial score (nSPS) is 20.5. The second-order valence-corrected chi connectivity index (χ2v) is 20.7. The molecule has 69 heavy (non-hydrogen) atoms. The van der Waals surface area contributed by atoms with Crippen molar-refractivity contribution in [2.45, 2.75) is 126 Å². The number of amides is 3. The minimum atomic E-state index is -0.887. The van der Waals surface area contributed by atoms with Gasteiger partial charge in [-0.05, 0) is 63.6 Å². The molecule has 8 rings (SSSR count). The predicted molar refractivity (Wildman–Crippen MR) is 258 cm³/mol. The molecule has 4 aromatic rings. The van der Waals surface area contributed by atoms with Crippen LogP contribution >= 0.6 is 23.4 Å². The number of ether oxygens (including phenoxy) is 1. The molecule has 5 N–H and O–H groups in total. The number of carbonyl (C=O) groups is 3. The molecule has 368 valence electrons. The Kier molecular flexibility index (Phi) is 15.6. The molecular formula is C48H62ClN13O6S. The van der Waals surface area contributed by atoms with E-state index in [1.807, 2.05) is 24.8 Å². The number of rotatable bonds is 14. The first kappa shape index (κ1) is 49.8. The molecule has 4 aliphatic rings. The Morgan fingerprint density at radius 3 is 2.43 bits per heavy atom. The summed E-state index contributed by atoms with van der Waals surface area (Å²) in [6.07, 6.45) is 8.29. The molecule has 0 bridgehead atoms. The average Bonchev–Trinajstić information content (AvgIpc) is 3.96. The second-order valence-electron chi connectivity index (χ2n) is 19.3. The van der Waals surface area contributed by atoms with Crippen LogP contribution in [-0.2, 0) is 27.5 Å². The molecule has 7 heterocycles. The van der Waals surface area contributed by atoms with Crippen LogP contribution in [0.5, 0.6) is 5.75 Å². The summed E-state index contributed by atoms with van der Waals surface area (Å²) < 4.78 is 8.02. The van der Waals surface area contributed by atoms with Crippen molar-refractivity contribution in [3.8, 4) is 11.8 Å². The van der Waals surface area contributed by atoms with Gasteiger partial charge in [0, 0.05) is 106 Å². The maximum atomic E-state index is 13.9. The van der Waals surface area contributed by atoms with Crippen LogP contribution in [0.2, 0.25) is 5.02 Å². The van der Waals surface area contributed by atoms with Crippen molar-refractivity contribution >= 4 is 52.7 Å². The fourth-order valence-electron chi connectivity index (χ4n) is 9.71. The van der Waals surface area contributed by atoms with Crippen molar-refractivity contribution < 1.29 is 29.3 Å². The Bertz CT molecular complexity index is 2530. The molecular weight excluding hydrogens is 922 g/mol. The largest absolute Gasteiger partial charge is 0.490 e. The standard InChI is InChI=1S/C48H62ClN13O6S/c1-29(2)42(62-26-30(3)56-57-62)47(67)61-27-34(64)22-37(61)45(65)54-24-33-6-5-31(23-50)21-38(33)68-35-10-17-60(18-11-35)46(66)32-8-15-58(16-9-32)44-41(49)39(7-14-52-44)69-40-25-53-43(36(28-63)55-40)59-19-12-48(4,51)13-20-59/h5-7,14,21,25-26,29,32,34-35,37,42,63-64H,8-13,15-20,22,24,27-28,51H2,1-4H3,(H,54,65)/t34-,37+,42+/m1/s1. The number of hydrogen-bond donors (Lipinski definition) is 4. The number of aliphatic hydroxyl groups is 2. The summed E-state index contributed by atoms with van der Waals surface area (Å²) in [5, 5.41) is 42.8. The van der Waals surface area contributed by atoms with Gasteiger partial charge in [-0.2, -0.15) is 5.26 Å². The Morgan fingerprint density at radius 2 is 1.77 bits per heavy atom. The Labute approximate surface area is 411 Å². The minimum absolute atomic E-state index is 0.0248. The maximum absolute atomic E-state index is 13.9. The third-order valence-electron chi connectivity index (χ3n) is 13.7. The van der Waals surface area contributed by atoms with Gasteiger partial charge in [0.2, 0.25) is 17.7 Å². The summed E-state index contributed by atoms with van der Waals surface area (Å²) in [6, 6.07) is 7.51. The fourth-order valence-corrected chi connectivity index (χ4v) is 10.9. The number of nitrogens with one attached hydrogen (secondary N) is 1. The molecule has 0 radical (unpaired) electrons. The molecule has 0 aliphatic carbocycles. The summed E-state index contributed by atoms with van der Waals surface area (Å²) in [5.74, 6) is 0.905. The SMILES string of the molecule is Cc1cn([C@H](C(=O)N2C[C@H](O)C[C@H]2C(=O)NCc2ccc(C#N)cc2OC2CCN(C(=O)C3CCN(c4nccc(Sc5cnc(N6CCC(C)(N)CC6)c(CO)n5)c4Cl)CC3)CC2)C(C)C)nn1. The van der Waals surface area contributed by atoms with Gasteiger partial charge >= 0.3 is 0 Å². The average molecular weight is 985 g/mol. The van der Waals surface area contributed by atoms with Gasteiger partial charge in [-0.1, -0.05) is 48.5 Å². The van der Waals surface area contributed by atoms with Crippen molar-refractivity contribution in [2.75, 3.05) is 55.6 Å². The zero-order valence-corrected chi connectivity index (χ0v) is 41.2. The lowest BCUT2D eigenvalue weighted by atomic mass is 9.91. The highest BCUT2D eigenvalue weighted by molar-refractivity contribution is 7.99. The van der Waals surface area contributed by atoms with Crippen LogP contribution in [0.15, 0.2) is 52.8 Å². The van der Waals surface area contributed by atoms with E-state index in [9.17, 15) is 29.9 Å². The number of aryl methyl sites for hydroxylation is 1. The topological polar surface area (TPSA) is 245 Å². The molecule has 3 atom stereocenters. The monoisotopic (exact) mass is 983 g/mol. The van der Waals surface area contributed by atoms with Gasteiger partial charge in [0.05, 0.1) is 41.3 Å². The molecule has 0 saturated carbocycles. The van der Waals surface area contributed by atoms with Gasteiger partial charge in [0.15, 0.2) is 5.82 Å². The highest BCUT2D eigenvalue weighted by atomic mass is 35.5.